The topological polar surface area (TPSA) is 112 Å². The number of nitrogens with zero attached hydrogens (tertiary/aromatic N) is 3. The lowest BCUT2D eigenvalue weighted by Crippen LogP contribution is -2.39. The van der Waals surface area contributed by atoms with Crippen molar-refractivity contribution in [3.05, 3.63) is 47.4 Å². The molecule has 5 rings (SSSR count). The van der Waals surface area contributed by atoms with Gasteiger partial charge in [0.1, 0.15) is 17.2 Å². The van der Waals surface area contributed by atoms with Crippen molar-refractivity contribution < 1.29 is 14.3 Å². The average molecular weight is 494 g/mol. The van der Waals surface area contributed by atoms with Crippen LogP contribution in [0.1, 0.15) is 67.7 Å². The number of hydrogen-bond acceptors (Lipinski definition) is 9. The Bertz CT molecular complexity index is 1270. The highest BCUT2D eigenvalue weighted by Gasteiger charge is 2.40. The molecule has 184 valence electrons. The van der Waals surface area contributed by atoms with Crippen molar-refractivity contribution in [1.82, 2.24) is 15.0 Å². The highest BCUT2D eigenvalue weighted by molar-refractivity contribution is 7.99. The van der Waals surface area contributed by atoms with Gasteiger partial charge in [0.25, 0.3) is 0 Å². The van der Waals surface area contributed by atoms with Gasteiger partial charge >= 0.3 is 5.97 Å². The zero-order chi connectivity index (χ0) is 24.7. The van der Waals surface area contributed by atoms with Crippen LogP contribution in [0.3, 0.4) is 0 Å². The molecule has 3 aromatic heterocycles. The molecule has 3 unspecified atom stereocenters. The van der Waals surface area contributed by atoms with E-state index in [1.807, 2.05) is 45.5 Å². The minimum Gasteiger partial charge on any atom is -0.477 e. The quantitative estimate of drug-likeness (QED) is 0.459. The summed E-state index contributed by atoms with van der Waals surface area (Å²) in [7, 11) is 0. The van der Waals surface area contributed by atoms with Crippen molar-refractivity contribution >= 4 is 40.1 Å². The summed E-state index contributed by atoms with van der Waals surface area (Å²) in [4.78, 5) is 26.3. The second kappa shape index (κ2) is 9.28. The molecule has 2 aliphatic heterocycles. The summed E-state index contributed by atoms with van der Waals surface area (Å²) in [6.45, 7) is 8.42. The molecule has 2 aliphatic rings. The molecule has 3 N–H and O–H groups in total. The van der Waals surface area contributed by atoms with Gasteiger partial charge in [0, 0.05) is 30.3 Å². The summed E-state index contributed by atoms with van der Waals surface area (Å²) >= 11 is 1.97. The Balaban J connectivity index is 1.46. The summed E-state index contributed by atoms with van der Waals surface area (Å²) in [6, 6.07) is 5.28. The number of rotatable bonds is 6. The molecule has 0 spiro atoms. The van der Waals surface area contributed by atoms with Crippen LogP contribution < -0.4 is 15.8 Å². The third kappa shape index (κ3) is 4.67. The number of cyclic esters (lactones) is 1. The lowest BCUT2D eigenvalue weighted by Gasteiger charge is -2.36. The van der Waals surface area contributed by atoms with Gasteiger partial charge < -0.3 is 20.5 Å². The number of fused-ring (bicyclic) bond motifs is 2. The van der Waals surface area contributed by atoms with Gasteiger partial charge in [-0.15, -0.1) is 0 Å². The highest BCUT2D eigenvalue weighted by atomic mass is 32.2. The fourth-order valence-corrected chi connectivity index (χ4v) is 5.74. The van der Waals surface area contributed by atoms with Crippen LogP contribution in [0.5, 0.6) is 5.88 Å². The first-order valence-corrected chi connectivity index (χ1v) is 13.1. The van der Waals surface area contributed by atoms with Gasteiger partial charge in [-0.1, -0.05) is 6.92 Å². The van der Waals surface area contributed by atoms with Crippen molar-refractivity contribution in [1.29, 1.82) is 0 Å². The van der Waals surface area contributed by atoms with Crippen LogP contribution in [0.4, 0.5) is 11.6 Å². The SMILES string of the molecule is CC(N)c1cnc(OCC2CCSC2)c2cnc(Nc3ccc4c(n3)C(C)C(C)(C)OC4=O)cc12. The number of hydrogen-bond donors (Lipinski definition) is 2. The lowest BCUT2D eigenvalue weighted by molar-refractivity contribution is -0.0189. The summed E-state index contributed by atoms with van der Waals surface area (Å²) < 4.78 is 11.7. The molecule has 0 bridgehead atoms. The standard InChI is InChI=1S/C26H31N5O3S/c1-14-23-17(25(32)34-26(14,3)4)5-6-21(31-23)30-22-9-18-19(15(2)27)10-29-24(20(18)11-28-22)33-12-16-7-8-35-13-16/h5-6,9-11,14-16H,7-8,12-13,27H2,1-4H3,(H,28,30,31). The van der Waals surface area contributed by atoms with Gasteiger partial charge in [0.15, 0.2) is 0 Å². The van der Waals surface area contributed by atoms with E-state index in [2.05, 4.69) is 15.3 Å². The highest BCUT2D eigenvalue weighted by Crippen LogP contribution is 2.38. The molecule has 8 nitrogen and oxygen atoms in total. The lowest BCUT2D eigenvalue weighted by atomic mass is 9.84. The van der Waals surface area contributed by atoms with Crippen LogP contribution in [0, 0.1) is 5.92 Å². The number of carbonyl (C=O) groups is 1. The molecule has 0 saturated carbocycles. The number of nitrogens with one attached hydrogen (secondary N) is 1. The molecule has 0 amide bonds. The van der Waals surface area contributed by atoms with Crippen LogP contribution in [-0.4, -0.2) is 44.6 Å². The number of pyridine rings is 3. The molecular formula is C26H31N5O3S. The molecule has 0 aromatic carbocycles. The monoisotopic (exact) mass is 493 g/mol. The molecule has 35 heavy (non-hydrogen) atoms. The van der Waals surface area contributed by atoms with E-state index in [1.54, 1.807) is 24.5 Å². The predicted molar refractivity (Wildman–Crippen MR) is 138 cm³/mol. The van der Waals surface area contributed by atoms with Crippen molar-refractivity contribution in [3.8, 4) is 5.88 Å². The molecule has 1 saturated heterocycles. The molecule has 3 aromatic rings. The fraction of sp³-hybridized carbons (Fsp3) is 0.462. The van der Waals surface area contributed by atoms with Crippen LogP contribution in [0.2, 0.25) is 0 Å². The summed E-state index contributed by atoms with van der Waals surface area (Å²) in [6.07, 6.45) is 4.74. The third-order valence-electron chi connectivity index (χ3n) is 6.95. The van der Waals surface area contributed by atoms with E-state index in [4.69, 9.17) is 20.2 Å². The Morgan fingerprint density at radius 2 is 2.09 bits per heavy atom. The van der Waals surface area contributed by atoms with Crippen molar-refractivity contribution in [2.24, 2.45) is 11.7 Å². The molecular weight excluding hydrogens is 462 g/mol. The number of nitrogens with two attached hydrogens (primary N) is 1. The number of ether oxygens (including phenoxy) is 2. The molecule has 5 heterocycles. The van der Waals surface area contributed by atoms with Gasteiger partial charge in [-0.25, -0.2) is 19.7 Å². The maximum Gasteiger partial charge on any atom is 0.340 e. The van der Waals surface area contributed by atoms with E-state index in [1.165, 1.54) is 12.2 Å². The van der Waals surface area contributed by atoms with Gasteiger partial charge in [-0.05, 0) is 67.8 Å². The van der Waals surface area contributed by atoms with E-state index in [-0.39, 0.29) is 17.9 Å². The first kappa shape index (κ1) is 23.8. The van der Waals surface area contributed by atoms with Crippen LogP contribution in [0.15, 0.2) is 30.6 Å². The number of aromatic nitrogens is 3. The van der Waals surface area contributed by atoms with Crippen molar-refractivity contribution in [2.45, 2.75) is 51.7 Å². The number of anilines is 2. The van der Waals surface area contributed by atoms with Crippen LogP contribution >= 0.6 is 11.8 Å². The van der Waals surface area contributed by atoms with E-state index >= 15 is 0 Å². The summed E-state index contributed by atoms with van der Waals surface area (Å²) in [5.41, 5.74) is 7.78. The van der Waals surface area contributed by atoms with Crippen LogP contribution in [-0.2, 0) is 4.74 Å². The number of carbonyl (C=O) groups excluding carboxylic acids is 1. The fourth-order valence-electron chi connectivity index (χ4n) is 4.48. The zero-order valence-corrected chi connectivity index (χ0v) is 21.3. The van der Waals surface area contributed by atoms with Crippen molar-refractivity contribution in [2.75, 3.05) is 23.4 Å². The Kier molecular flexibility index (Phi) is 6.31. The first-order chi connectivity index (χ1) is 16.7. The van der Waals surface area contributed by atoms with Gasteiger partial charge in [0.05, 0.1) is 23.3 Å². The maximum atomic E-state index is 12.4. The Morgan fingerprint density at radius 1 is 1.26 bits per heavy atom. The Hall–Kier alpha value is -2.91. The van der Waals surface area contributed by atoms with Crippen LogP contribution in [0.25, 0.3) is 10.8 Å². The van der Waals surface area contributed by atoms with Gasteiger partial charge in [-0.3, -0.25) is 0 Å². The molecule has 0 aliphatic carbocycles. The van der Waals surface area contributed by atoms with E-state index in [9.17, 15) is 4.79 Å². The summed E-state index contributed by atoms with van der Waals surface area (Å²) in [5, 5.41) is 5.08. The number of thioether (sulfide) groups is 1. The number of esters is 1. The Morgan fingerprint density at radius 3 is 2.83 bits per heavy atom. The van der Waals surface area contributed by atoms with E-state index in [0.29, 0.717) is 35.6 Å². The molecule has 0 radical (unpaired) electrons. The van der Waals surface area contributed by atoms with Gasteiger partial charge in [-0.2, -0.15) is 11.8 Å². The van der Waals surface area contributed by atoms with Crippen molar-refractivity contribution in [3.63, 3.8) is 0 Å². The van der Waals surface area contributed by atoms with E-state index < -0.39 is 5.60 Å². The van der Waals surface area contributed by atoms with Gasteiger partial charge in [0.2, 0.25) is 5.88 Å². The predicted octanol–water partition coefficient (Wildman–Crippen LogP) is 4.97. The normalized spacial score (nSPS) is 21.9. The zero-order valence-electron chi connectivity index (χ0n) is 20.5. The minimum absolute atomic E-state index is 0.0461. The largest absolute Gasteiger partial charge is 0.477 e. The third-order valence-corrected chi connectivity index (χ3v) is 8.18. The minimum atomic E-state index is -0.621. The molecule has 3 atom stereocenters. The molecule has 1 fully saturated rings. The second-order valence-corrected chi connectivity index (χ2v) is 11.1. The average Bonchev–Trinajstić information content (AvgIpc) is 3.34. The molecule has 9 heteroatoms. The Labute approximate surface area is 209 Å². The second-order valence-electron chi connectivity index (χ2n) is 9.93. The van der Waals surface area contributed by atoms with E-state index in [0.717, 1.165) is 27.8 Å². The summed E-state index contributed by atoms with van der Waals surface area (Å²) in [5.74, 6) is 4.31. The smallest absolute Gasteiger partial charge is 0.340 e. The maximum absolute atomic E-state index is 12.4. The first-order valence-electron chi connectivity index (χ1n) is 12.0.